The van der Waals surface area contributed by atoms with Crippen molar-refractivity contribution in [2.45, 2.75) is 18.9 Å². The van der Waals surface area contributed by atoms with E-state index >= 15 is 0 Å². The van der Waals surface area contributed by atoms with Crippen molar-refractivity contribution in [2.75, 3.05) is 10.7 Å². The molecule has 1 aliphatic rings. The van der Waals surface area contributed by atoms with Crippen molar-refractivity contribution >= 4 is 30.2 Å². The number of carboxylic acids is 1. The van der Waals surface area contributed by atoms with Crippen LogP contribution in [0.5, 0.6) is 0 Å². The summed E-state index contributed by atoms with van der Waals surface area (Å²) in [6.45, 7) is 0. The first-order chi connectivity index (χ1) is 15.6. The van der Waals surface area contributed by atoms with Crippen LogP contribution in [-0.2, 0) is 11.2 Å². The van der Waals surface area contributed by atoms with Crippen molar-refractivity contribution in [1.82, 2.24) is 5.32 Å². The Labute approximate surface area is 192 Å². The van der Waals surface area contributed by atoms with Gasteiger partial charge >= 0.3 is 5.97 Å². The molecule has 5 nitrogen and oxygen atoms in total. The van der Waals surface area contributed by atoms with Crippen LogP contribution in [0.25, 0.3) is 11.1 Å². The van der Waals surface area contributed by atoms with Crippen LogP contribution in [0.2, 0.25) is 0 Å². The molecule has 6 heteroatoms. The van der Waals surface area contributed by atoms with Gasteiger partial charge in [-0.2, -0.15) is 12.6 Å². The SMILES string of the molecule is O=C(O)[C@H](CCS)NC1=CCc2ccccc2N1C(=O)c1ccccc1-c1ccccc1. The highest BCUT2D eigenvalue weighted by Crippen LogP contribution is 2.33. The molecule has 162 valence electrons. The number of amides is 1. The molecule has 4 rings (SSSR count). The van der Waals surface area contributed by atoms with E-state index in [1.54, 1.807) is 4.90 Å². The van der Waals surface area contributed by atoms with Gasteiger partial charge in [0.2, 0.25) is 0 Å². The molecule has 3 aromatic rings. The summed E-state index contributed by atoms with van der Waals surface area (Å²) in [5.74, 6) is -0.300. The highest BCUT2D eigenvalue weighted by Gasteiger charge is 2.30. The van der Waals surface area contributed by atoms with Crippen molar-refractivity contribution < 1.29 is 14.7 Å². The number of carboxylic acid groups (broad SMARTS) is 1. The van der Waals surface area contributed by atoms with Crippen LogP contribution < -0.4 is 10.2 Å². The molecule has 1 heterocycles. The summed E-state index contributed by atoms with van der Waals surface area (Å²) in [6, 6.07) is 24.1. The van der Waals surface area contributed by atoms with Crippen LogP contribution in [0.1, 0.15) is 22.3 Å². The van der Waals surface area contributed by atoms with Gasteiger partial charge in [0.1, 0.15) is 11.9 Å². The Bertz CT molecular complexity index is 1160. The Morgan fingerprint density at radius 1 is 0.969 bits per heavy atom. The molecule has 0 aliphatic carbocycles. The average molecular weight is 445 g/mol. The predicted molar refractivity (Wildman–Crippen MR) is 130 cm³/mol. The lowest BCUT2D eigenvalue weighted by atomic mass is 9.97. The molecule has 0 unspecified atom stereocenters. The molecule has 0 fully saturated rings. The minimum Gasteiger partial charge on any atom is -0.480 e. The molecule has 0 bridgehead atoms. The molecule has 1 amide bonds. The number of nitrogens with one attached hydrogen (secondary N) is 1. The molecule has 1 atom stereocenters. The van der Waals surface area contributed by atoms with Crippen LogP contribution in [0.3, 0.4) is 0 Å². The molecule has 0 radical (unpaired) electrons. The van der Waals surface area contributed by atoms with Gasteiger partial charge in [-0.1, -0.05) is 66.7 Å². The van der Waals surface area contributed by atoms with Gasteiger partial charge in [-0.25, -0.2) is 4.79 Å². The van der Waals surface area contributed by atoms with Gasteiger partial charge in [-0.3, -0.25) is 9.69 Å². The molecule has 0 saturated carbocycles. The number of allylic oxidation sites excluding steroid dienone is 1. The monoisotopic (exact) mass is 444 g/mol. The Morgan fingerprint density at radius 3 is 2.41 bits per heavy atom. The summed E-state index contributed by atoms with van der Waals surface area (Å²) in [5, 5.41) is 12.7. The summed E-state index contributed by atoms with van der Waals surface area (Å²) >= 11 is 4.19. The first-order valence-corrected chi connectivity index (χ1v) is 11.1. The van der Waals surface area contributed by atoms with E-state index in [1.807, 2.05) is 84.9 Å². The summed E-state index contributed by atoms with van der Waals surface area (Å²) in [4.78, 5) is 27.3. The molecule has 3 aromatic carbocycles. The Balaban J connectivity index is 1.78. The van der Waals surface area contributed by atoms with Gasteiger partial charge in [0, 0.05) is 5.56 Å². The number of thiol groups is 1. The number of fused-ring (bicyclic) bond motifs is 1. The third-order valence-electron chi connectivity index (χ3n) is 5.47. The fraction of sp³-hybridized carbons (Fsp3) is 0.154. The van der Waals surface area contributed by atoms with Crippen molar-refractivity contribution in [2.24, 2.45) is 0 Å². The largest absolute Gasteiger partial charge is 0.480 e. The van der Waals surface area contributed by atoms with Gasteiger partial charge in [0.15, 0.2) is 0 Å². The molecule has 0 saturated heterocycles. The maximum absolute atomic E-state index is 14.0. The zero-order chi connectivity index (χ0) is 22.5. The number of hydrogen-bond donors (Lipinski definition) is 3. The number of carbonyl (C=O) groups excluding carboxylic acids is 1. The second-order valence-electron chi connectivity index (χ2n) is 7.52. The van der Waals surface area contributed by atoms with E-state index in [9.17, 15) is 14.7 Å². The third-order valence-corrected chi connectivity index (χ3v) is 5.73. The van der Waals surface area contributed by atoms with Crippen LogP contribution in [0, 0.1) is 0 Å². The number of rotatable bonds is 7. The smallest absolute Gasteiger partial charge is 0.326 e. The number of carbonyl (C=O) groups is 2. The number of nitrogens with zero attached hydrogens (tertiary/aromatic N) is 1. The lowest BCUT2D eigenvalue weighted by Crippen LogP contribution is -2.46. The summed E-state index contributed by atoms with van der Waals surface area (Å²) in [5.41, 5.74) is 4.07. The quantitative estimate of drug-likeness (QED) is 0.460. The zero-order valence-electron chi connectivity index (χ0n) is 17.4. The number of anilines is 1. The molecule has 32 heavy (non-hydrogen) atoms. The second-order valence-corrected chi connectivity index (χ2v) is 7.97. The topological polar surface area (TPSA) is 69.6 Å². The maximum Gasteiger partial charge on any atom is 0.326 e. The van der Waals surface area contributed by atoms with Crippen LogP contribution in [-0.4, -0.2) is 28.8 Å². The number of para-hydroxylation sites is 1. The van der Waals surface area contributed by atoms with Crippen LogP contribution in [0.4, 0.5) is 5.69 Å². The average Bonchev–Trinajstić information content (AvgIpc) is 2.83. The van der Waals surface area contributed by atoms with E-state index in [1.165, 1.54) is 0 Å². The van der Waals surface area contributed by atoms with Gasteiger partial charge < -0.3 is 10.4 Å². The summed E-state index contributed by atoms with van der Waals surface area (Å²) in [6.07, 6.45) is 2.82. The highest BCUT2D eigenvalue weighted by molar-refractivity contribution is 7.80. The molecule has 0 aromatic heterocycles. The minimum atomic E-state index is -0.976. The predicted octanol–water partition coefficient (Wildman–Crippen LogP) is 4.76. The van der Waals surface area contributed by atoms with Crippen molar-refractivity contribution in [3.05, 3.63) is 102 Å². The molecule has 0 spiro atoms. The number of benzene rings is 3. The van der Waals surface area contributed by atoms with Crippen LogP contribution in [0.15, 0.2) is 90.8 Å². The van der Waals surface area contributed by atoms with E-state index in [0.717, 1.165) is 22.4 Å². The molecular weight excluding hydrogens is 420 g/mol. The van der Waals surface area contributed by atoms with Gasteiger partial charge in [-0.15, -0.1) is 0 Å². The number of aliphatic carboxylic acids is 1. The third kappa shape index (κ3) is 4.41. The minimum absolute atomic E-state index is 0.217. The summed E-state index contributed by atoms with van der Waals surface area (Å²) in [7, 11) is 0. The molecule has 1 aliphatic heterocycles. The van der Waals surface area contributed by atoms with E-state index in [-0.39, 0.29) is 5.91 Å². The fourth-order valence-corrected chi connectivity index (χ4v) is 4.15. The van der Waals surface area contributed by atoms with E-state index in [4.69, 9.17) is 0 Å². The molecular formula is C26H24N2O3S. The molecule has 2 N–H and O–H groups in total. The number of hydrogen-bond acceptors (Lipinski definition) is 4. The fourth-order valence-electron chi connectivity index (χ4n) is 3.90. The zero-order valence-corrected chi connectivity index (χ0v) is 18.3. The van der Waals surface area contributed by atoms with Crippen molar-refractivity contribution in [1.29, 1.82) is 0 Å². The lowest BCUT2D eigenvalue weighted by molar-refractivity contribution is -0.139. The Kier molecular flexibility index (Phi) is 6.61. The van der Waals surface area contributed by atoms with Crippen molar-refractivity contribution in [3.8, 4) is 11.1 Å². The lowest BCUT2D eigenvalue weighted by Gasteiger charge is -2.33. The Morgan fingerprint density at radius 2 is 1.66 bits per heavy atom. The first-order valence-electron chi connectivity index (χ1n) is 10.5. The Hall–Kier alpha value is -3.51. The highest BCUT2D eigenvalue weighted by atomic mass is 32.1. The van der Waals surface area contributed by atoms with Gasteiger partial charge in [-0.05, 0) is 53.5 Å². The standard InChI is InChI=1S/C26H24N2O3S/c29-25(21-12-6-5-11-20(21)18-8-2-1-3-9-18)28-23-13-7-4-10-19(23)14-15-24(28)27-22(16-17-32)26(30)31/h1-13,15,22,27,32H,14,16-17H2,(H,30,31)/t22-/m0/s1. The van der Waals surface area contributed by atoms with Crippen molar-refractivity contribution in [3.63, 3.8) is 0 Å². The van der Waals surface area contributed by atoms with Gasteiger partial charge in [0.05, 0.1) is 5.69 Å². The van der Waals surface area contributed by atoms with E-state index in [2.05, 4.69) is 17.9 Å². The summed E-state index contributed by atoms with van der Waals surface area (Å²) < 4.78 is 0. The van der Waals surface area contributed by atoms with Gasteiger partial charge in [0.25, 0.3) is 5.91 Å². The first kappa shape index (κ1) is 21.7. The van der Waals surface area contributed by atoms with E-state index in [0.29, 0.717) is 30.0 Å². The van der Waals surface area contributed by atoms with E-state index < -0.39 is 12.0 Å². The maximum atomic E-state index is 14.0. The normalized spacial score (nSPS) is 13.7. The second kappa shape index (κ2) is 9.75. The van der Waals surface area contributed by atoms with Crippen LogP contribution >= 0.6 is 12.6 Å².